The number of rotatable bonds is 6. The van der Waals surface area contributed by atoms with Gasteiger partial charge in [-0.2, -0.15) is 0 Å². The van der Waals surface area contributed by atoms with Crippen molar-refractivity contribution in [2.24, 2.45) is 0 Å². The minimum Gasteiger partial charge on any atom is -0.480 e. The molecule has 0 radical (unpaired) electrons. The summed E-state index contributed by atoms with van der Waals surface area (Å²) in [4.78, 5) is 23.6. The molecule has 132 valence electrons. The molecule has 2 heterocycles. The van der Waals surface area contributed by atoms with Crippen molar-refractivity contribution in [3.8, 4) is 5.75 Å². The molecule has 1 aliphatic heterocycles. The molecule has 1 atom stereocenters. The molecule has 1 aromatic carbocycles. The molecule has 1 aromatic heterocycles. The van der Waals surface area contributed by atoms with Gasteiger partial charge in [0.2, 0.25) is 5.13 Å². The van der Waals surface area contributed by atoms with Crippen LogP contribution < -0.4 is 10.1 Å². The number of esters is 1. The van der Waals surface area contributed by atoms with E-state index in [0.29, 0.717) is 33.3 Å². The average molecular weight is 400 g/mol. The first-order chi connectivity index (χ1) is 12.0. The Morgan fingerprint density at radius 1 is 1.48 bits per heavy atom. The lowest BCUT2D eigenvalue weighted by molar-refractivity contribution is -0.139. The van der Waals surface area contributed by atoms with E-state index in [1.807, 2.05) is 0 Å². The van der Waals surface area contributed by atoms with Crippen LogP contribution in [-0.4, -0.2) is 40.5 Å². The van der Waals surface area contributed by atoms with Gasteiger partial charge in [0.25, 0.3) is 5.91 Å². The maximum absolute atomic E-state index is 12.3. The van der Waals surface area contributed by atoms with E-state index < -0.39 is 6.10 Å². The standard InChI is InChI=1S/C15H14ClN3O4S2/c1-2-22-12(20)7-24-15-19-18-14(25-15)17-13(21)11-6-8-5-9(16)3-4-10(8)23-11/h3-5,11H,2,6-7H2,1H3,(H,17,18,21). The summed E-state index contributed by atoms with van der Waals surface area (Å²) in [5.74, 6) is 0.195. The largest absolute Gasteiger partial charge is 0.480 e. The van der Waals surface area contributed by atoms with E-state index in [1.165, 1.54) is 23.1 Å². The molecule has 3 rings (SSSR count). The molecule has 1 amide bonds. The van der Waals surface area contributed by atoms with E-state index in [2.05, 4.69) is 15.5 Å². The number of carbonyl (C=O) groups is 2. The topological polar surface area (TPSA) is 90.4 Å². The molecule has 7 nitrogen and oxygen atoms in total. The molecule has 1 N–H and O–H groups in total. The summed E-state index contributed by atoms with van der Waals surface area (Å²) in [5, 5.41) is 11.5. The van der Waals surface area contributed by atoms with Crippen molar-refractivity contribution in [3.05, 3.63) is 28.8 Å². The predicted octanol–water partition coefficient (Wildman–Crippen LogP) is 2.79. The Labute approximate surface area is 157 Å². The summed E-state index contributed by atoms with van der Waals surface area (Å²) in [6, 6.07) is 5.26. The Balaban J connectivity index is 1.53. The highest BCUT2D eigenvalue weighted by atomic mass is 35.5. The van der Waals surface area contributed by atoms with Gasteiger partial charge < -0.3 is 9.47 Å². The van der Waals surface area contributed by atoms with Crippen LogP contribution in [-0.2, 0) is 20.7 Å². The van der Waals surface area contributed by atoms with E-state index in [-0.39, 0.29) is 17.6 Å². The van der Waals surface area contributed by atoms with Gasteiger partial charge in [-0.3, -0.25) is 14.9 Å². The Morgan fingerprint density at radius 2 is 2.32 bits per heavy atom. The van der Waals surface area contributed by atoms with Crippen LogP contribution in [0.4, 0.5) is 5.13 Å². The summed E-state index contributed by atoms with van der Waals surface area (Å²) in [6.45, 7) is 2.09. The highest BCUT2D eigenvalue weighted by Crippen LogP contribution is 2.32. The number of fused-ring (bicyclic) bond motifs is 1. The lowest BCUT2D eigenvalue weighted by Gasteiger charge is -2.08. The number of hydrogen-bond acceptors (Lipinski definition) is 8. The summed E-state index contributed by atoms with van der Waals surface area (Å²) in [5.41, 5.74) is 0.899. The van der Waals surface area contributed by atoms with Gasteiger partial charge in [0.05, 0.1) is 12.4 Å². The number of aromatic nitrogens is 2. The first-order valence-corrected chi connectivity index (χ1v) is 9.61. The minimum atomic E-state index is -0.631. The monoisotopic (exact) mass is 399 g/mol. The maximum Gasteiger partial charge on any atom is 0.316 e. The summed E-state index contributed by atoms with van der Waals surface area (Å²) >= 11 is 8.35. The van der Waals surface area contributed by atoms with Crippen LogP contribution in [0.1, 0.15) is 12.5 Å². The van der Waals surface area contributed by atoms with Crippen LogP contribution in [0.2, 0.25) is 5.02 Å². The van der Waals surface area contributed by atoms with E-state index in [4.69, 9.17) is 21.1 Å². The van der Waals surface area contributed by atoms with Crippen molar-refractivity contribution in [2.45, 2.75) is 23.8 Å². The van der Waals surface area contributed by atoms with Crippen molar-refractivity contribution in [2.75, 3.05) is 17.7 Å². The fourth-order valence-corrected chi connectivity index (χ4v) is 3.94. The van der Waals surface area contributed by atoms with Crippen molar-refractivity contribution < 1.29 is 19.1 Å². The predicted molar refractivity (Wildman–Crippen MR) is 95.5 cm³/mol. The van der Waals surface area contributed by atoms with Gasteiger partial charge in [0, 0.05) is 11.4 Å². The van der Waals surface area contributed by atoms with E-state index in [1.54, 1.807) is 25.1 Å². The SMILES string of the molecule is CCOC(=O)CSc1nnc(NC(=O)C2Cc3cc(Cl)ccc3O2)s1. The van der Waals surface area contributed by atoms with Crippen molar-refractivity contribution >= 4 is 51.7 Å². The minimum absolute atomic E-state index is 0.151. The lowest BCUT2D eigenvalue weighted by atomic mass is 10.1. The van der Waals surface area contributed by atoms with Crippen LogP contribution in [0.25, 0.3) is 0 Å². The summed E-state index contributed by atoms with van der Waals surface area (Å²) < 4.78 is 11.0. The maximum atomic E-state index is 12.3. The molecule has 0 saturated carbocycles. The Morgan fingerprint density at radius 3 is 3.12 bits per heavy atom. The van der Waals surface area contributed by atoms with E-state index >= 15 is 0 Å². The van der Waals surface area contributed by atoms with E-state index in [0.717, 1.165) is 5.56 Å². The highest BCUT2D eigenvalue weighted by Gasteiger charge is 2.30. The van der Waals surface area contributed by atoms with Crippen LogP contribution in [0.5, 0.6) is 5.75 Å². The zero-order chi connectivity index (χ0) is 17.8. The smallest absolute Gasteiger partial charge is 0.316 e. The fourth-order valence-electron chi connectivity index (χ4n) is 2.19. The normalized spacial score (nSPS) is 15.4. The first kappa shape index (κ1) is 18.0. The van der Waals surface area contributed by atoms with Crippen LogP contribution in [0.15, 0.2) is 22.5 Å². The zero-order valence-electron chi connectivity index (χ0n) is 13.2. The summed E-state index contributed by atoms with van der Waals surface area (Å²) in [7, 11) is 0. The van der Waals surface area contributed by atoms with E-state index in [9.17, 15) is 9.59 Å². The molecule has 1 unspecified atom stereocenters. The van der Waals surface area contributed by atoms with Crippen LogP contribution in [0, 0.1) is 0 Å². The molecule has 0 bridgehead atoms. The van der Waals surface area contributed by atoms with Crippen molar-refractivity contribution in [1.82, 2.24) is 10.2 Å². The Bertz CT molecular complexity index is 799. The number of thioether (sulfide) groups is 1. The molecule has 1 aliphatic rings. The second-order valence-corrected chi connectivity index (χ2v) is 7.66. The molecule has 0 aliphatic carbocycles. The number of halogens is 1. The molecule has 0 spiro atoms. The molecular weight excluding hydrogens is 386 g/mol. The van der Waals surface area contributed by atoms with Gasteiger partial charge in [-0.25, -0.2) is 0 Å². The summed E-state index contributed by atoms with van der Waals surface area (Å²) in [6.07, 6.45) is -0.182. The quantitative estimate of drug-likeness (QED) is 0.453. The van der Waals surface area contributed by atoms with Gasteiger partial charge in [-0.15, -0.1) is 10.2 Å². The number of nitrogens with one attached hydrogen (secondary N) is 1. The van der Waals surface area contributed by atoms with Gasteiger partial charge in [0.15, 0.2) is 10.4 Å². The average Bonchev–Trinajstić information content (AvgIpc) is 3.19. The third-order valence-electron chi connectivity index (χ3n) is 3.24. The lowest BCUT2D eigenvalue weighted by Crippen LogP contribution is -2.31. The molecule has 0 fully saturated rings. The second-order valence-electron chi connectivity index (χ2n) is 5.02. The number of ether oxygens (including phenoxy) is 2. The number of hydrogen-bond donors (Lipinski definition) is 1. The number of carbonyl (C=O) groups excluding carboxylic acids is 2. The first-order valence-electron chi connectivity index (χ1n) is 7.43. The van der Waals surface area contributed by atoms with Gasteiger partial charge >= 0.3 is 5.97 Å². The third-order valence-corrected chi connectivity index (χ3v) is 5.43. The molecule has 10 heteroatoms. The Hall–Kier alpha value is -1.84. The molecule has 25 heavy (non-hydrogen) atoms. The second kappa shape index (κ2) is 8.03. The number of amides is 1. The zero-order valence-corrected chi connectivity index (χ0v) is 15.5. The van der Waals surface area contributed by atoms with Crippen LogP contribution in [0.3, 0.4) is 0 Å². The third kappa shape index (κ3) is 4.62. The number of anilines is 1. The van der Waals surface area contributed by atoms with Gasteiger partial charge in [-0.1, -0.05) is 34.7 Å². The van der Waals surface area contributed by atoms with Crippen molar-refractivity contribution in [3.63, 3.8) is 0 Å². The Kier molecular flexibility index (Phi) is 5.77. The molecular formula is C15H14ClN3O4S2. The number of nitrogens with zero attached hydrogens (tertiary/aromatic N) is 2. The molecule has 2 aromatic rings. The van der Waals surface area contributed by atoms with Gasteiger partial charge in [-0.05, 0) is 30.7 Å². The van der Waals surface area contributed by atoms with Crippen molar-refractivity contribution in [1.29, 1.82) is 0 Å². The molecule has 0 saturated heterocycles. The fraction of sp³-hybridized carbons (Fsp3) is 0.333. The highest BCUT2D eigenvalue weighted by molar-refractivity contribution is 8.01. The van der Waals surface area contributed by atoms with Gasteiger partial charge in [0.1, 0.15) is 5.75 Å². The van der Waals surface area contributed by atoms with Crippen LogP contribution >= 0.6 is 34.7 Å². The number of benzene rings is 1.